The topological polar surface area (TPSA) is 102 Å². The second kappa shape index (κ2) is 6.27. The molecule has 1 aliphatic carbocycles. The number of nitrogens with two attached hydrogens (primary N) is 1. The molecule has 0 saturated heterocycles. The van der Waals surface area contributed by atoms with Crippen LogP contribution in [0.1, 0.15) is 38.9 Å². The van der Waals surface area contributed by atoms with Crippen LogP contribution in [0.15, 0.2) is 33.7 Å². The molecule has 1 aliphatic rings. The molecule has 2 aromatic rings. The molecule has 0 atom stereocenters. The largest absolute Gasteiger partial charge is 0.334 e. The highest BCUT2D eigenvalue weighted by Crippen LogP contribution is 2.37. The Morgan fingerprint density at radius 3 is 2.58 bits per heavy atom. The zero-order valence-corrected chi connectivity index (χ0v) is 14.7. The molecule has 0 bridgehead atoms. The van der Waals surface area contributed by atoms with E-state index in [9.17, 15) is 8.42 Å². The van der Waals surface area contributed by atoms with Crippen LogP contribution in [0.25, 0.3) is 11.5 Å². The lowest BCUT2D eigenvalue weighted by Gasteiger charge is -2.34. The van der Waals surface area contributed by atoms with Crippen LogP contribution in [0.5, 0.6) is 0 Å². The molecule has 130 valence electrons. The molecule has 7 nitrogen and oxygen atoms in total. The van der Waals surface area contributed by atoms with Crippen molar-refractivity contribution in [1.29, 1.82) is 0 Å². The minimum absolute atomic E-state index is 0.217. The Bertz CT molecular complexity index is 823. The summed E-state index contributed by atoms with van der Waals surface area (Å²) >= 11 is 0. The lowest BCUT2D eigenvalue weighted by Crippen LogP contribution is -2.44. The van der Waals surface area contributed by atoms with Crippen molar-refractivity contribution < 1.29 is 12.9 Å². The van der Waals surface area contributed by atoms with Gasteiger partial charge >= 0.3 is 0 Å². The highest BCUT2D eigenvalue weighted by Gasteiger charge is 2.39. The molecule has 0 spiro atoms. The molecule has 0 amide bonds. The highest BCUT2D eigenvalue weighted by molar-refractivity contribution is 7.89. The number of rotatable bonds is 6. The molecule has 0 unspecified atom stereocenters. The van der Waals surface area contributed by atoms with Gasteiger partial charge in [0.1, 0.15) is 0 Å². The van der Waals surface area contributed by atoms with Crippen molar-refractivity contribution in [1.82, 2.24) is 14.4 Å². The predicted molar refractivity (Wildman–Crippen MR) is 89.6 cm³/mol. The molecule has 1 saturated carbocycles. The zero-order chi connectivity index (χ0) is 17.4. The second-order valence-electron chi connectivity index (χ2n) is 6.05. The third kappa shape index (κ3) is 2.85. The first-order chi connectivity index (χ1) is 11.4. The molecule has 1 aromatic heterocycles. The maximum atomic E-state index is 12.6. The minimum atomic E-state index is -3.53. The van der Waals surface area contributed by atoms with E-state index in [0.717, 1.165) is 19.3 Å². The molecule has 0 aliphatic heterocycles. The Balaban J connectivity index is 1.94. The summed E-state index contributed by atoms with van der Waals surface area (Å²) < 4.78 is 32.0. The van der Waals surface area contributed by atoms with Gasteiger partial charge in [0.25, 0.3) is 5.89 Å². The van der Waals surface area contributed by atoms with Gasteiger partial charge in [-0.3, -0.25) is 0 Å². The van der Waals surface area contributed by atoms with E-state index >= 15 is 0 Å². The fourth-order valence-electron chi connectivity index (χ4n) is 2.83. The highest BCUT2D eigenvalue weighted by atomic mass is 32.2. The summed E-state index contributed by atoms with van der Waals surface area (Å²) in [7, 11) is -3.53. The van der Waals surface area contributed by atoms with Crippen LogP contribution in [0.4, 0.5) is 0 Å². The summed E-state index contributed by atoms with van der Waals surface area (Å²) in [6.45, 7) is 4.47. The molecule has 0 radical (unpaired) electrons. The van der Waals surface area contributed by atoms with E-state index in [1.54, 1.807) is 24.3 Å². The fraction of sp³-hybridized carbons (Fsp3) is 0.500. The van der Waals surface area contributed by atoms with E-state index < -0.39 is 15.6 Å². The van der Waals surface area contributed by atoms with Gasteiger partial charge in [-0.2, -0.15) is 9.29 Å². The first kappa shape index (κ1) is 17.1. The van der Waals surface area contributed by atoms with Gasteiger partial charge in [-0.25, -0.2) is 8.42 Å². The van der Waals surface area contributed by atoms with Crippen molar-refractivity contribution in [2.45, 2.75) is 43.5 Å². The van der Waals surface area contributed by atoms with Crippen LogP contribution in [0.2, 0.25) is 0 Å². The van der Waals surface area contributed by atoms with Crippen LogP contribution in [0, 0.1) is 0 Å². The van der Waals surface area contributed by atoms with Crippen molar-refractivity contribution in [2.75, 3.05) is 13.1 Å². The molecule has 8 heteroatoms. The third-order valence-electron chi connectivity index (χ3n) is 4.54. The Kier molecular flexibility index (Phi) is 4.46. The van der Waals surface area contributed by atoms with Gasteiger partial charge in [-0.1, -0.05) is 25.1 Å². The van der Waals surface area contributed by atoms with E-state index in [-0.39, 0.29) is 4.90 Å². The number of nitrogens with zero attached hydrogens (tertiary/aromatic N) is 3. The van der Waals surface area contributed by atoms with Crippen LogP contribution < -0.4 is 5.73 Å². The Labute approximate surface area is 141 Å². The molecule has 1 fully saturated rings. The average molecular weight is 350 g/mol. The van der Waals surface area contributed by atoms with Crippen molar-refractivity contribution in [3.05, 3.63) is 30.1 Å². The SMILES string of the molecule is CCN(CC)S(=O)(=O)c1cccc(-c2nc(C3(N)CCC3)no2)c1. The maximum absolute atomic E-state index is 12.6. The van der Waals surface area contributed by atoms with E-state index in [2.05, 4.69) is 10.1 Å². The average Bonchev–Trinajstić information content (AvgIpc) is 3.04. The van der Waals surface area contributed by atoms with Gasteiger partial charge in [0, 0.05) is 18.7 Å². The summed E-state index contributed by atoms with van der Waals surface area (Å²) in [6, 6.07) is 6.57. The number of sulfonamides is 1. The molecule has 24 heavy (non-hydrogen) atoms. The quantitative estimate of drug-likeness (QED) is 0.856. The molecule has 1 aromatic carbocycles. The summed E-state index contributed by atoms with van der Waals surface area (Å²) in [4.78, 5) is 4.59. The second-order valence-corrected chi connectivity index (χ2v) is 7.99. The van der Waals surface area contributed by atoms with Gasteiger partial charge in [-0.15, -0.1) is 0 Å². The monoisotopic (exact) mass is 350 g/mol. The van der Waals surface area contributed by atoms with E-state index in [4.69, 9.17) is 10.3 Å². The predicted octanol–water partition coefficient (Wildman–Crippen LogP) is 2.10. The van der Waals surface area contributed by atoms with Crippen LogP contribution in [0.3, 0.4) is 0 Å². The van der Waals surface area contributed by atoms with Gasteiger partial charge in [-0.05, 0) is 37.5 Å². The lowest BCUT2D eigenvalue weighted by atomic mass is 9.77. The van der Waals surface area contributed by atoms with Crippen LogP contribution in [-0.4, -0.2) is 36.0 Å². The van der Waals surface area contributed by atoms with Crippen LogP contribution >= 0.6 is 0 Å². The molecule has 2 N–H and O–H groups in total. The molecular formula is C16H22N4O3S. The summed E-state index contributed by atoms with van der Waals surface area (Å²) in [5.74, 6) is 0.777. The Hall–Kier alpha value is -1.77. The Morgan fingerprint density at radius 2 is 2.00 bits per heavy atom. The van der Waals surface area contributed by atoms with Crippen LogP contribution in [-0.2, 0) is 15.6 Å². The minimum Gasteiger partial charge on any atom is -0.334 e. The first-order valence-corrected chi connectivity index (χ1v) is 9.58. The smallest absolute Gasteiger partial charge is 0.258 e. The maximum Gasteiger partial charge on any atom is 0.258 e. The first-order valence-electron chi connectivity index (χ1n) is 8.14. The molecule has 3 rings (SSSR count). The summed E-state index contributed by atoms with van der Waals surface area (Å²) in [5.41, 5.74) is 6.27. The van der Waals surface area contributed by atoms with Crippen molar-refractivity contribution >= 4 is 10.0 Å². The van der Waals surface area contributed by atoms with E-state index in [1.807, 2.05) is 13.8 Å². The van der Waals surface area contributed by atoms with Gasteiger partial charge in [0.2, 0.25) is 10.0 Å². The zero-order valence-electron chi connectivity index (χ0n) is 13.9. The van der Waals surface area contributed by atoms with E-state index in [0.29, 0.717) is 30.4 Å². The number of benzene rings is 1. The molecular weight excluding hydrogens is 328 g/mol. The standard InChI is InChI=1S/C16H22N4O3S/c1-3-20(4-2)24(21,22)13-8-5-7-12(11-13)14-18-15(19-23-14)16(17)9-6-10-16/h5,7-8,11H,3-4,6,9-10,17H2,1-2H3. The summed E-state index contributed by atoms with van der Waals surface area (Å²) in [5, 5.41) is 3.97. The fourth-order valence-corrected chi connectivity index (χ4v) is 4.33. The normalized spacial score (nSPS) is 17.0. The van der Waals surface area contributed by atoms with Gasteiger partial charge in [0.15, 0.2) is 5.82 Å². The third-order valence-corrected chi connectivity index (χ3v) is 6.59. The summed E-state index contributed by atoms with van der Waals surface area (Å²) in [6.07, 6.45) is 2.72. The van der Waals surface area contributed by atoms with Gasteiger partial charge < -0.3 is 10.3 Å². The number of hydrogen-bond acceptors (Lipinski definition) is 6. The number of aromatic nitrogens is 2. The van der Waals surface area contributed by atoms with Crippen molar-refractivity contribution in [2.24, 2.45) is 5.73 Å². The van der Waals surface area contributed by atoms with Crippen molar-refractivity contribution in [3.8, 4) is 11.5 Å². The van der Waals surface area contributed by atoms with E-state index in [1.165, 1.54) is 4.31 Å². The molecule has 1 heterocycles. The van der Waals surface area contributed by atoms with Gasteiger partial charge in [0.05, 0.1) is 10.4 Å². The van der Waals surface area contributed by atoms with Crippen molar-refractivity contribution in [3.63, 3.8) is 0 Å². The lowest BCUT2D eigenvalue weighted by molar-refractivity contribution is 0.229. The number of hydrogen-bond donors (Lipinski definition) is 1. The Morgan fingerprint density at radius 1 is 1.29 bits per heavy atom.